The lowest BCUT2D eigenvalue weighted by molar-refractivity contribution is 0.300. The van der Waals surface area contributed by atoms with Gasteiger partial charge in [-0.2, -0.15) is 0 Å². The molecule has 1 N–H and O–H groups in total. The molecule has 16 heavy (non-hydrogen) atoms. The van der Waals surface area contributed by atoms with Gasteiger partial charge in [0.15, 0.2) is 5.01 Å². The molecule has 80 valence electrons. The lowest BCUT2D eigenvalue weighted by atomic mass is 10.2. The number of hydrogen-bond donors (Lipinski definition) is 1. The van der Waals surface area contributed by atoms with Gasteiger partial charge < -0.3 is 5.11 Å². The molecular formula is C13H11NOS. The van der Waals surface area contributed by atoms with E-state index < -0.39 is 0 Å². The summed E-state index contributed by atoms with van der Waals surface area (Å²) in [5.74, 6) is 6.07. The normalized spacial score (nSPS) is 9.56. The van der Waals surface area contributed by atoms with Crippen molar-refractivity contribution in [3.8, 4) is 11.8 Å². The van der Waals surface area contributed by atoms with Gasteiger partial charge in [-0.25, -0.2) is 4.98 Å². The van der Waals surface area contributed by atoms with Crippen molar-refractivity contribution >= 4 is 11.3 Å². The summed E-state index contributed by atoms with van der Waals surface area (Å²) in [5, 5.41) is 9.58. The first-order valence-corrected chi connectivity index (χ1v) is 5.83. The van der Waals surface area contributed by atoms with Gasteiger partial charge in [-0.05, 0) is 18.1 Å². The summed E-state index contributed by atoms with van der Waals surface area (Å²) in [5.41, 5.74) is 0.987. The Morgan fingerprint density at radius 2 is 2.00 bits per heavy atom. The molecule has 0 aliphatic rings. The van der Waals surface area contributed by atoms with Crippen molar-refractivity contribution in [3.05, 3.63) is 52.0 Å². The lowest BCUT2D eigenvalue weighted by Crippen LogP contribution is -1.84. The van der Waals surface area contributed by atoms with Gasteiger partial charge >= 0.3 is 0 Å². The molecule has 0 radical (unpaired) electrons. The molecule has 0 aliphatic carbocycles. The van der Waals surface area contributed by atoms with Gasteiger partial charge in [-0.3, -0.25) is 0 Å². The minimum Gasteiger partial charge on any atom is -0.396 e. The molecule has 0 unspecified atom stereocenters. The molecule has 2 rings (SSSR count). The van der Waals surface area contributed by atoms with E-state index in [4.69, 9.17) is 5.11 Å². The van der Waals surface area contributed by atoms with Crippen molar-refractivity contribution in [1.82, 2.24) is 4.98 Å². The van der Waals surface area contributed by atoms with E-state index in [1.54, 1.807) is 6.20 Å². The Labute approximate surface area is 98.6 Å². The summed E-state index contributed by atoms with van der Waals surface area (Å²) in [4.78, 5) is 5.25. The quantitative estimate of drug-likeness (QED) is 0.800. The molecule has 3 heteroatoms. The summed E-state index contributed by atoms with van der Waals surface area (Å²) >= 11 is 1.53. The van der Waals surface area contributed by atoms with Crippen LogP contribution in [0.25, 0.3) is 0 Å². The summed E-state index contributed by atoms with van der Waals surface area (Å²) in [6.45, 7) is 0.160. The zero-order valence-corrected chi connectivity index (χ0v) is 9.50. The highest BCUT2D eigenvalue weighted by Gasteiger charge is 1.97. The van der Waals surface area contributed by atoms with Crippen LogP contribution in [0.3, 0.4) is 0 Å². The Kier molecular flexibility index (Phi) is 3.71. The Morgan fingerprint density at radius 1 is 1.19 bits per heavy atom. The molecule has 0 saturated heterocycles. The topological polar surface area (TPSA) is 33.1 Å². The average Bonchev–Trinajstić information content (AvgIpc) is 2.76. The fraction of sp³-hybridized carbons (Fsp3) is 0.154. The zero-order chi connectivity index (χ0) is 11.2. The number of aliphatic hydroxyl groups is 1. The first kappa shape index (κ1) is 10.9. The number of rotatable bonds is 2. The summed E-state index contributed by atoms with van der Waals surface area (Å²) in [6.07, 6.45) is 2.43. The van der Waals surface area contributed by atoms with Gasteiger partial charge in [-0.1, -0.05) is 24.1 Å². The molecule has 1 aromatic heterocycles. The maximum Gasteiger partial charge on any atom is 0.167 e. The maximum absolute atomic E-state index is 8.78. The Morgan fingerprint density at radius 3 is 2.75 bits per heavy atom. The van der Waals surface area contributed by atoms with Gasteiger partial charge in [0.1, 0.15) is 0 Å². The summed E-state index contributed by atoms with van der Waals surface area (Å²) < 4.78 is 0. The third-order valence-electron chi connectivity index (χ3n) is 2.00. The standard InChI is InChI=1S/C13H11NOS/c15-9-8-12-10-14-13(16-12)7-6-11-4-2-1-3-5-11/h1-5,10,15H,8-9H2. The van der Waals surface area contributed by atoms with Crippen LogP contribution in [-0.2, 0) is 6.42 Å². The number of nitrogens with zero attached hydrogens (tertiary/aromatic N) is 1. The van der Waals surface area contributed by atoms with Gasteiger partial charge in [-0.15, -0.1) is 11.3 Å². The second-order valence-corrected chi connectivity index (χ2v) is 4.34. The lowest BCUT2D eigenvalue weighted by Gasteiger charge is -1.86. The molecular weight excluding hydrogens is 218 g/mol. The largest absolute Gasteiger partial charge is 0.396 e. The summed E-state index contributed by atoms with van der Waals surface area (Å²) in [7, 11) is 0. The van der Waals surface area contributed by atoms with E-state index in [-0.39, 0.29) is 6.61 Å². The van der Waals surface area contributed by atoms with E-state index in [0.717, 1.165) is 15.4 Å². The third kappa shape index (κ3) is 2.93. The Balaban J connectivity index is 2.12. The van der Waals surface area contributed by atoms with Gasteiger partial charge in [0, 0.05) is 29.7 Å². The van der Waals surface area contributed by atoms with E-state index in [1.165, 1.54) is 11.3 Å². The van der Waals surface area contributed by atoms with Crippen LogP contribution in [0.1, 0.15) is 15.4 Å². The number of aromatic nitrogens is 1. The molecule has 2 aromatic rings. The van der Waals surface area contributed by atoms with E-state index >= 15 is 0 Å². The van der Waals surface area contributed by atoms with Gasteiger partial charge in [0.05, 0.1) is 0 Å². The van der Waals surface area contributed by atoms with E-state index in [0.29, 0.717) is 6.42 Å². The fourth-order valence-electron chi connectivity index (χ4n) is 1.24. The van der Waals surface area contributed by atoms with Crippen LogP contribution in [0.4, 0.5) is 0 Å². The van der Waals surface area contributed by atoms with E-state index in [2.05, 4.69) is 16.8 Å². The van der Waals surface area contributed by atoms with Crippen LogP contribution in [0, 0.1) is 11.8 Å². The highest BCUT2D eigenvalue weighted by Crippen LogP contribution is 2.12. The van der Waals surface area contributed by atoms with Crippen molar-refractivity contribution in [1.29, 1.82) is 0 Å². The van der Waals surface area contributed by atoms with Crippen LogP contribution in [0.5, 0.6) is 0 Å². The van der Waals surface area contributed by atoms with Crippen molar-refractivity contribution in [2.75, 3.05) is 6.61 Å². The highest BCUT2D eigenvalue weighted by molar-refractivity contribution is 7.12. The number of benzene rings is 1. The average molecular weight is 229 g/mol. The molecule has 0 spiro atoms. The second-order valence-electron chi connectivity index (χ2n) is 3.22. The fourth-order valence-corrected chi connectivity index (χ4v) is 1.99. The van der Waals surface area contributed by atoms with Crippen LogP contribution in [-0.4, -0.2) is 16.7 Å². The number of aliphatic hydroxyl groups excluding tert-OH is 1. The van der Waals surface area contributed by atoms with Crippen molar-refractivity contribution in [3.63, 3.8) is 0 Å². The van der Waals surface area contributed by atoms with Crippen molar-refractivity contribution < 1.29 is 5.11 Å². The highest BCUT2D eigenvalue weighted by atomic mass is 32.1. The smallest absolute Gasteiger partial charge is 0.167 e. The molecule has 0 aliphatic heterocycles. The Bertz CT molecular complexity index is 507. The van der Waals surface area contributed by atoms with Crippen LogP contribution < -0.4 is 0 Å². The molecule has 0 saturated carbocycles. The molecule has 2 nitrogen and oxygen atoms in total. The molecule has 0 fully saturated rings. The van der Waals surface area contributed by atoms with Crippen LogP contribution >= 0.6 is 11.3 Å². The Hall–Kier alpha value is -1.63. The molecule has 0 atom stereocenters. The first-order chi connectivity index (χ1) is 7.88. The van der Waals surface area contributed by atoms with Gasteiger partial charge in [0.25, 0.3) is 0 Å². The third-order valence-corrected chi connectivity index (χ3v) is 2.97. The molecule has 0 bridgehead atoms. The predicted octanol–water partition coefficient (Wildman–Crippen LogP) is 2.08. The molecule has 1 heterocycles. The van der Waals surface area contributed by atoms with Crippen LogP contribution in [0.2, 0.25) is 0 Å². The predicted molar refractivity (Wildman–Crippen MR) is 65.3 cm³/mol. The van der Waals surface area contributed by atoms with Gasteiger partial charge in [0.2, 0.25) is 0 Å². The monoisotopic (exact) mass is 229 g/mol. The van der Waals surface area contributed by atoms with Crippen LogP contribution in [0.15, 0.2) is 36.5 Å². The maximum atomic E-state index is 8.78. The molecule has 1 aromatic carbocycles. The van der Waals surface area contributed by atoms with Crippen molar-refractivity contribution in [2.24, 2.45) is 0 Å². The number of thiazole rings is 1. The number of hydrogen-bond acceptors (Lipinski definition) is 3. The summed E-state index contributed by atoms with van der Waals surface area (Å²) in [6, 6.07) is 9.82. The SMILES string of the molecule is OCCc1cnc(C#Cc2ccccc2)s1. The van der Waals surface area contributed by atoms with E-state index in [9.17, 15) is 0 Å². The minimum atomic E-state index is 0.160. The minimum absolute atomic E-state index is 0.160. The van der Waals surface area contributed by atoms with E-state index in [1.807, 2.05) is 30.3 Å². The first-order valence-electron chi connectivity index (χ1n) is 5.01. The zero-order valence-electron chi connectivity index (χ0n) is 8.68. The molecule has 0 amide bonds. The van der Waals surface area contributed by atoms with Crippen molar-refractivity contribution in [2.45, 2.75) is 6.42 Å². The second kappa shape index (κ2) is 5.45.